The second-order valence-corrected chi connectivity index (χ2v) is 3.64. The van der Waals surface area contributed by atoms with Gasteiger partial charge in [-0.05, 0) is 12.1 Å². The molecule has 1 aromatic rings. The van der Waals surface area contributed by atoms with Gasteiger partial charge in [-0.2, -0.15) is 0 Å². The molecule has 5 nitrogen and oxygen atoms in total. The number of anilines is 1. The third kappa shape index (κ3) is 1.76. The molecule has 2 N–H and O–H groups in total. The van der Waals surface area contributed by atoms with Crippen LogP contribution in [0.2, 0.25) is 0 Å². The van der Waals surface area contributed by atoms with Gasteiger partial charge >= 0.3 is 0 Å². The lowest BCUT2D eigenvalue weighted by Crippen LogP contribution is -2.26. The summed E-state index contributed by atoms with van der Waals surface area (Å²) in [6, 6.07) is 5.79. The standard InChI is InChI=1S/C11H13N3O2/c1-2-9-10(16-6-5-15-9)7-8(1)14-11-12-3-4-13-11/h1-2,7H,3-6H2,(H2,12,13,14). The van der Waals surface area contributed by atoms with Gasteiger partial charge in [0.05, 0.1) is 6.54 Å². The molecule has 0 fully saturated rings. The van der Waals surface area contributed by atoms with Crippen LogP contribution in [-0.4, -0.2) is 32.3 Å². The quantitative estimate of drug-likeness (QED) is 0.734. The molecule has 16 heavy (non-hydrogen) atoms. The number of nitrogens with zero attached hydrogens (tertiary/aromatic N) is 1. The summed E-state index contributed by atoms with van der Waals surface area (Å²) >= 11 is 0. The normalized spacial score (nSPS) is 17.6. The van der Waals surface area contributed by atoms with Gasteiger partial charge in [-0.1, -0.05) is 0 Å². The minimum Gasteiger partial charge on any atom is -0.486 e. The Hall–Kier alpha value is -1.91. The van der Waals surface area contributed by atoms with E-state index in [1.165, 1.54) is 0 Å². The van der Waals surface area contributed by atoms with Crippen molar-refractivity contribution in [3.8, 4) is 11.5 Å². The number of fused-ring (bicyclic) bond motifs is 1. The van der Waals surface area contributed by atoms with E-state index in [0.29, 0.717) is 13.2 Å². The van der Waals surface area contributed by atoms with Crippen molar-refractivity contribution in [3.05, 3.63) is 18.2 Å². The Morgan fingerprint density at radius 3 is 2.88 bits per heavy atom. The maximum Gasteiger partial charge on any atom is 0.195 e. The van der Waals surface area contributed by atoms with E-state index in [1.54, 1.807) is 0 Å². The smallest absolute Gasteiger partial charge is 0.195 e. The maximum atomic E-state index is 5.50. The molecule has 0 radical (unpaired) electrons. The third-order valence-electron chi connectivity index (χ3n) is 2.48. The number of guanidine groups is 1. The van der Waals surface area contributed by atoms with Gasteiger partial charge in [0, 0.05) is 18.3 Å². The van der Waals surface area contributed by atoms with Crippen LogP contribution in [0.4, 0.5) is 5.69 Å². The van der Waals surface area contributed by atoms with E-state index >= 15 is 0 Å². The molecule has 0 atom stereocenters. The molecule has 0 unspecified atom stereocenters. The lowest BCUT2D eigenvalue weighted by Gasteiger charge is -2.19. The predicted molar refractivity (Wildman–Crippen MR) is 61.4 cm³/mol. The van der Waals surface area contributed by atoms with Crippen LogP contribution < -0.4 is 20.1 Å². The van der Waals surface area contributed by atoms with E-state index in [4.69, 9.17) is 9.47 Å². The summed E-state index contributed by atoms with van der Waals surface area (Å²) < 4.78 is 11.0. The number of aliphatic imine (C=N–C) groups is 1. The molecule has 0 saturated heterocycles. The van der Waals surface area contributed by atoms with Crippen LogP contribution in [0.3, 0.4) is 0 Å². The van der Waals surface area contributed by atoms with E-state index in [-0.39, 0.29) is 0 Å². The van der Waals surface area contributed by atoms with Crippen LogP contribution in [-0.2, 0) is 0 Å². The van der Waals surface area contributed by atoms with Crippen LogP contribution in [0.5, 0.6) is 11.5 Å². The van der Waals surface area contributed by atoms with Gasteiger partial charge in [0.2, 0.25) is 0 Å². The monoisotopic (exact) mass is 219 g/mol. The summed E-state index contributed by atoms with van der Waals surface area (Å²) in [7, 11) is 0. The van der Waals surface area contributed by atoms with Crippen LogP contribution in [0.15, 0.2) is 23.2 Å². The molecule has 0 saturated carbocycles. The first-order chi connectivity index (χ1) is 7.92. The van der Waals surface area contributed by atoms with Gasteiger partial charge in [0.15, 0.2) is 17.5 Å². The minimum absolute atomic E-state index is 0.607. The van der Waals surface area contributed by atoms with Gasteiger partial charge < -0.3 is 20.1 Å². The molecule has 0 amide bonds. The lowest BCUT2D eigenvalue weighted by atomic mass is 10.2. The topological polar surface area (TPSA) is 54.9 Å². The Labute approximate surface area is 93.5 Å². The molecule has 0 aliphatic carbocycles. The molecular weight excluding hydrogens is 206 g/mol. The summed E-state index contributed by atoms with van der Waals surface area (Å²) in [4.78, 5) is 4.27. The minimum atomic E-state index is 0.607. The molecule has 1 aromatic carbocycles. The van der Waals surface area contributed by atoms with Crippen LogP contribution in [0.1, 0.15) is 0 Å². The molecule has 2 heterocycles. The average molecular weight is 219 g/mol. The number of nitrogens with one attached hydrogen (secondary N) is 2. The summed E-state index contributed by atoms with van der Waals surface area (Å²) in [6.45, 7) is 2.95. The lowest BCUT2D eigenvalue weighted by molar-refractivity contribution is 0.171. The average Bonchev–Trinajstić information content (AvgIpc) is 2.82. The number of hydrogen-bond acceptors (Lipinski definition) is 5. The number of ether oxygens (including phenoxy) is 2. The first-order valence-electron chi connectivity index (χ1n) is 5.37. The highest BCUT2D eigenvalue weighted by Gasteiger charge is 2.12. The van der Waals surface area contributed by atoms with Crippen molar-refractivity contribution < 1.29 is 9.47 Å². The largest absolute Gasteiger partial charge is 0.486 e. The second-order valence-electron chi connectivity index (χ2n) is 3.64. The van der Waals surface area contributed by atoms with Crippen molar-refractivity contribution in [2.45, 2.75) is 0 Å². The fraction of sp³-hybridized carbons (Fsp3) is 0.364. The zero-order chi connectivity index (χ0) is 10.8. The molecule has 2 aliphatic heterocycles. The molecule has 2 aliphatic rings. The third-order valence-corrected chi connectivity index (χ3v) is 2.48. The van der Waals surface area contributed by atoms with Gasteiger partial charge in [0.1, 0.15) is 13.2 Å². The highest BCUT2D eigenvalue weighted by atomic mass is 16.6. The number of hydrogen-bond donors (Lipinski definition) is 2. The van der Waals surface area contributed by atoms with E-state index in [9.17, 15) is 0 Å². The number of rotatable bonds is 1. The van der Waals surface area contributed by atoms with E-state index in [2.05, 4.69) is 15.6 Å². The molecule has 3 rings (SSSR count). The Morgan fingerprint density at radius 1 is 1.19 bits per heavy atom. The van der Waals surface area contributed by atoms with Gasteiger partial charge in [0.25, 0.3) is 0 Å². The van der Waals surface area contributed by atoms with Crippen LogP contribution in [0.25, 0.3) is 0 Å². The Bertz CT molecular complexity index is 431. The Morgan fingerprint density at radius 2 is 2.06 bits per heavy atom. The Kier molecular flexibility index (Phi) is 2.29. The fourth-order valence-electron chi connectivity index (χ4n) is 1.74. The summed E-state index contributed by atoms with van der Waals surface area (Å²) in [5, 5.41) is 6.35. The first-order valence-corrected chi connectivity index (χ1v) is 5.37. The van der Waals surface area contributed by atoms with Gasteiger partial charge in [-0.3, -0.25) is 4.99 Å². The zero-order valence-corrected chi connectivity index (χ0v) is 8.82. The molecular formula is C11H13N3O2. The highest BCUT2D eigenvalue weighted by molar-refractivity contribution is 5.94. The summed E-state index contributed by atoms with van der Waals surface area (Å²) in [6.07, 6.45) is 0. The van der Waals surface area contributed by atoms with Crippen molar-refractivity contribution in [3.63, 3.8) is 0 Å². The number of benzene rings is 1. The predicted octanol–water partition coefficient (Wildman–Crippen LogP) is 0.829. The van der Waals surface area contributed by atoms with E-state index in [0.717, 1.165) is 36.2 Å². The first kappa shape index (κ1) is 9.33. The fourth-order valence-corrected chi connectivity index (χ4v) is 1.74. The van der Waals surface area contributed by atoms with Crippen LogP contribution >= 0.6 is 0 Å². The molecule has 84 valence electrons. The van der Waals surface area contributed by atoms with E-state index in [1.807, 2.05) is 18.2 Å². The Balaban J connectivity index is 1.80. The van der Waals surface area contributed by atoms with Crippen molar-refractivity contribution in [2.24, 2.45) is 4.99 Å². The van der Waals surface area contributed by atoms with Crippen molar-refractivity contribution in [1.82, 2.24) is 5.32 Å². The van der Waals surface area contributed by atoms with Gasteiger partial charge in [-0.15, -0.1) is 0 Å². The zero-order valence-electron chi connectivity index (χ0n) is 8.82. The molecule has 0 bridgehead atoms. The van der Waals surface area contributed by atoms with Crippen molar-refractivity contribution in [1.29, 1.82) is 0 Å². The molecule has 0 spiro atoms. The van der Waals surface area contributed by atoms with Crippen molar-refractivity contribution in [2.75, 3.05) is 31.6 Å². The van der Waals surface area contributed by atoms with E-state index < -0.39 is 0 Å². The SMILES string of the molecule is c1cc2c(cc1NC1=NCCN1)OCCO2. The van der Waals surface area contributed by atoms with Crippen LogP contribution in [0, 0.1) is 0 Å². The summed E-state index contributed by atoms with van der Waals surface area (Å²) in [5.74, 6) is 2.41. The maximum absolute atomic E-state index is 5.50. The molecule has 0 aromatic heterocycles. The van der Waals surface area contributed by atoms with Crippen molar-refractivity contribution >= 4 is 11.6 Å². The highest BCUT2D eigenvalue weighted by Crippen LogP contribution is 2.32. The summed E-state index contributed by atoms with van der Waals surface area (Å²) in [5.41, 5.74) is 0.956. The van der Waals surface area contributed by atoms with Gasteiger partial charge in [-0.25, -0.2) is 0 Å². The second kappa shape index (κ2) is 3.92. The molecule has 5 heteroatoms.